The van der Waals surface area contributed by atoms with Crippen LogP contribution in [0.4, 0.5) is 0 Å². The van der Waals surface area contributed by atoms with Crippen molar-refractivity contribution >= 4 is 17.7 Å². The van der Waals surface area contributed by atoms with Gasteiger partial charge in [-0.1, -0.05) is 30.3 Å². The van der Waals surface area contributed by atoms with Crippen molar-refractivity contribution in [2.75, 3.05) is 20.1 Å². The Labute approximate surface area is 158 Å². The highest BCUT2D eigenvalue weighted by atomic mass is 16.5. The number of Topliss-reactive ketones (excluding diaryl/α,β-unsaturated/α-hetero) is 1. The van der Waals surface area contributed by atoms with Gasteiger partial charge >= 0.3 is 11.9 Å². The Morgan fingerprint density at radius 2 is 1.59 bits per heavy atom. The number of aliphatic carboxylic acids is 2. The van der Waals surface area contributed by atoms with E-state index in [1.807, 2.05) is 25.1 Å². The van der Waals surface area contributed by atoms with Crippen molar-refractivity contribution in [2.24, 2.45) is 0 Å². The Hall–Kier alpha value is -2.51. The van der Waals surface area contributed by atoms with Gasteiger partial charge in [-0.25, -0.2) is 9.59 Å². The van der Waals surface area contributed by atoms with E-state index in [-0.39, 0.29) is 5.78 Å². The number of likely N-dealkylation sites (tertiary alicyclic amines) is 1. The molecule has 7 heteroatoms. The third-order valence-corrected chi connectivity index (χ3v) is 4.97. The molecule has 2 N–H and O–H groups in total. The van der Waals surface area contributed by atoms with Crippen molar-refractivity contribution in [3.05, 3.63) is 48.0 Å². The Morgan fingerprint density at radius 3 is 2.07 bits per heavy atom. The van der Waals surface area contributed by atoms with Gasteiger partial charge in [0.1, 0.15) is 5.60 Å². The molecule has 2 aliphatic heterocycles. The summed E-state index contributed by atoms with van der Waals surface area (Å²) in [5.74, 6) is -2.23. The zero-order valence-electron chi connectivity index (χ0n) is 15.6. The smallest absolute Gasteiger partial charge is 0.328 e. The highest BCUT2D eigenvalue weighted by Gasteiger charge is 2.54. The molecule has 3 rings (SSSR count). The van der Waals surface area contributed by atoms with Gasteiger partial charge in [0.05, 0.1) is 5.60 Å². The molecule has 2 saturated heterocycles. The number of benzene rings is 1. The Balaban J connectivity index is 0.000000279. The fourth-order valence-electron chi connectivity index (χ4n) is 3.45. The summed E-state index contributed by atoms with van der Waals surface area (Å²) >= 11 is 0. The minimum absolute atomic E-state index is 0.284. The highest BCUT2D eigenvalue weighted by molar-refractivity contribution is 5.90. The van der Waals surface area contributed by atoms with Crippen LogP contribution >= 0.6 is 0 Å². The van der Waals surface area contributed by atoms with Crippen LogP contribution < -0.4 is 0 Å². The Bertz CT molecular complexity index is 705. The highest BCUT2D eigenvalue weighted by Crippen LogP contribution is 2.46. The van der Waals surface area contributed by atoms with Crippen LogP contribution in [0, 0.1) is 0 Å². The van der Waals surface area contributed by atoms with E-state index < -0.39 is 23.1 Å². The predicted octanol–water partition coefficient (Wildman–Crippen LogP) is 2.07. The van der Waals surface area contributed by atoms with Gasteiger partial charge in [0, 0.05) is 31.7 Å². The van der Waals surface area contributed by atoms with Gasteiger partial charge in [-0.05, 0) is 32.4 Å². The standard InChI is InChI=1S/C16H21NO2.C4H4O4/c1-15(13-6-4-3-5-7-13)12-14(18)16(19-15)8-10-17(2)11-9-16;5-3(6)1-2-4(7)8/h3-7H,8-12H2,1-2H3;1-2H,(H,5,6)(H,7,8)/b;2-1+. The quantitative estimate of drug-likeness (QED) is 0.779. The second-order valence-corrected chi connectivity index (χ2v) is 7.11. The van der Waals surface area contributed by atoms with E-state index in [0.717, 1.165) is 31.5 Å². The van der Waals surface area contributed by atoms with Gasteiger partial charge in [-0.3, -0.25) is 4.79 Å². The molecule has 0 aliphatic carbocycles. The largest absolute Gasteiger partial charge is 0.478 e. The molecule has 0 bridgehead atoms. The van der Waals surface area contributed by atoms with Crippen molar-refractivity contribution in [3.8, 4) is 0 Å². The van der Waals surface area contributed by atoms with Crippen LogP contribution in [0.2, 0.25) is 0 Å². The number of carbonyl (C=O) groups is 3. The molecular weight excluding hydrogens is 350 g/mol. The molecule has 2 aliphatic rings. The SMILES string of the molecule is CN1CCC2(CC1)OC(C)(c1ccccc1)CC2=O.O=C(O)/C=C/C(=O)O. The number of ketones is 1. The number of ether oxygens (including phenoxy) is 1. The lowest BCUT2D eigenvalue weighted by Gasteiger charge is -2.38. The average Bonchev–Trinajstić information content (AvgIpc) is 2.88. The topological polar surface area (TPSA) is 104 Å². The number of carbonyl (C=O) groups excluding carboxylic acids is 1. The van der Waals surface area contributed by atoms with E-state index in [1.54, 1.807) is 0 Å². The van der Waals surface area contributed by atoms with Gasteiger partial charge in [0.15, 0.2) is 5.78 Å². The van der Waals surface area contributed by atoms with E-state index in [4.69, 9.17) is 14.9 Å². The van der Waals surface area contributed by atoms with Crippen LogP contribution in [0.15, 0.2) is 42.5 Å². The first-order chi connectivity index (χ1) is 12.7. The summed E-state index contributed by atoms with van der Waals surface area (Å²) in [6.45, 7) is 3.93. The molecule has 2 fully saturated rings. The molecule has 7 nitrogen and oxygen atoms in total. The maximum absolute atomic E-state index is 12.5. The minimum atomic E-state index is -1.26. The second-order valence-electron chi connectivity index (χ2n) is 7.11. The number of rotatable bonds is 3. The molecule has 0 saturated carbocycles. The molecule has 146 valence electrons. The van der Waals surface area contributed by atoms with Crippen LogP contribution in [0.25, 0.3) is 0 Å². The summed E-state index contributed by atoms with van der Waals surface area (Å²) in [5, 5.41) is 15.6. The Morgan fingerprint density at radius 1 is 1.07 bits per heavy atom. The van der Waals surface area contributed by atoms with Gasteiger partial charge in [0.25, 0.3) is 0 Å². The molecule has 1 aromatic carbocycles. The first kappa shape index (κ1) is 20.8. The van der Waals surface area contributed by atoms with Crippen LogP contribution in [-0.4, -0.2) is 58.6 Å². The molecule has 0 aromatic heterocycles. The average molecular weight is 375 g/mol. The van der Waals surface area contributed by atoms with Crippen molar-refractivity contribution in [1.29, 1.82) is 0 Å². The van der Waals surface area contributed by atoms with E-state index in [9.17, 15) is 14.4 Å². The molecule has 1 spiro atoms. The summed E-state index contributed by atoms with van der Waals surface area (Å²) in [5.41, 5.74) is 0.130. The summed E-state index contributed by atoms with van der Waals surface area (Å²) in [4.78, 5) is 33.9. The van der Waals surface area contributed by atoms with Gasteiger partial charge < -0.3 is 19.8 Å². The number of hydrogen-bond acceptors (Lipinski definition) is 5. The molecular formula is C20H25NO6. The maximum Gasteiger partial charge on any atom is 0.328 e. The third kappa shape index (κ3) is 5.24. The number of carboxylic acids is 2. The molecule has 1 aromatic rings. The lowest BCUT2D eigenvalue weighted by atomic mass is 9.86. The molecule has 0 radical (unpaired) electrons. The van der Waals surface area contributed by atoms with Crippen LogP contribution in [0.1, 0.15) is 31.7 Å². The van der Waals surface area contributed by atoms with E-state index in [0.29, 0.717) is 18.6 Å². The van der Waals surface area contributed by atoms with Crippen molar-refractivity contribution in [2.45, 2.75) is 37.4 Å². The van der Waals surface area contributed by atoms with Crippen molar-refractivity contribution in [3.63, 3.8) is 0 Å². The number of piperidine rings is 1. The summed E-state index contributed by atoms with van der Waals surface area (Å²) in [6.07, 6.45) is 3.26. The summed E-state index contributed by atoms with van der Waals surface area (Å²) in [7, 11) is 2.10. The van der Waals surface area contributed by atoms with Gasteiger partial charge in [0.2, 0.25) is 0 Å². The molecule has 1 unspecified atom stereocenters. The van der Waals surface area contributed by atoms with Gasteiger partial charge in [-0.15, -0.1) is 0 Å². The van der Waals surface area contributed by atoms with Crippen molar-refractivity contribution in [1.82, 2.24) is 4.90 Å². The molecule has 2 heterocycles. The summed E-state index contributed by atoms with van der Waals surface area (Å²) < 4.78 is 6.35. The Kier molecular flexibility index (Phi) is 6.51. The molecule has 0 amide bonds. The molecule has 1 atom stereocenters. The monoisotopic (exact) mass is 375 g/mol. The van der Waals surface area contributed by atoms with E-state index in [2.05, 4.69) is 24.1 Å². The van der Waals surface area contributed by atoms with Crippen LogP contribution in [0.3, 0.4) is 0 Å². The molecule has 27 heavy (non-hydrogen) atoms. The zero-order valence-corrected chi connectivity index (χ0v) is 15.6. The van der Waals surface area contributed by atoms with Gasteiger partial charge in [-0.2, -0.15) is 0 Å². The number of carboxylic acid groups (broad SMARTS) is 2. The maximum atomic E-state index is 12.5. The second kappa shape index (κ2) is 8.45. The minimum Gasteiger partial charge on any atom is -0.478 e. The third-order valence-electron chi connectivity index (χ3n) is 4.97. The number of nitrogens with zero attached hydrogens (tertiary/aromatic N) is 1. The first-order valence-corrected chi connectivity index (χ1v) is 8.78. The number of hydrogen-bond donors (Lipinski definition) is 2. The summed E-state index contributed by atoms with van der Waals surface area (Å²) in [6, 6.07) is 10.1. The first-order valence-electron chi connectivity index (χ1n) is 8.78. The van der Waals surface area contributed by atoms with E-state index in [1.165, 1.54) is 0 Å². The fraction of sp³-hybridized carbons (Fsp3) is 0.450. The lowest BCUT2D eigenvalue weighted by molar-refractivity contribution is -0.149. The fourth-order valence-corrected chi connectivity index (χ4v) is 3.45. The van der Waals surface area contributed by atoms with Crippen LogP contribution in [0.5, 0.6) is 0 Å². The predicted molar refractivity (Wildman–Crippen MR) is 98.4 cm³/mol. The lowest BCUT2D eigenvalue weighted by Crippen LogP contribution is -2.47. The van der Waals surface area contributed by atoms with Crippen LogP contribution in [-0.2, 0) is 24.7 Å². The van der Waals surface area contributed by atoms with E-state index >= 15 is 0 Å². The normalized spacial score (nSPS) is 24.6. The zero-order chi connectivity index (χ0) is 20.1. The van der Waals surface area contributed by atoms with Crippen molar-refractivity contribution < 1.29 is 29.3 Å².